The summed E-state index contributed by atoms with van der Waals surface area (Å²) in [4.78, 5) is 0. The van der Waals surface area contributed by atoms with Gasteiger partial charge in [0.15, 0.2) is 0 Å². The molecule has 1 unspecified atom stereocenters. The molecule has 0 heterocycles. The molecule has 0 spiro atoms. The fourth-order valence-electron chi connectivity index (χ4n) is 2.40. The van der Waals surface area contributed by atoms with Crippen molar-refractivity contribution < 1.29 is 4.39 Å². The highest BCUT2D eigenvalue weighted by atomic mass is 19.1. The number of nitrogens with two attached hydrogens (primary N) is 1. The highest BCUT2D eigenvalue weighted by Gasteiger charge is 2.17. The zero-order valence-electron chi connectivity index (χ0n) is 9.22. The summed E-state index contributed by atoms with van der Waals surface area (Å²) in [7, 11) is 0. The molecule has 2 rings (SSSR count). The smallest absolute Gasteiger partial charge is 0.126 e. The standard InChI is InChI=1S/C13H18FN/c1-9(5-6-15)12-7-10-3-2-4-11(10)8-13(12)14/h7-9H,2-6,15H2,1H3. The van der Waals surface area contributed by atoms with E-state index < -0.39 is 0 Å². The normalized spacial score (nSPS) is 16.5. The molecule has 1 aromatic carbocycles. The Morgan fingerprint density at radius 3 is 2.67 bits per heavy atom. The average molecular weight is 207 g/mol. The first-order valence-electron chi connectivity index (χ1n) is 5.73. The predicted octanol–water partition coefficient (Wildman–Crippen LogP) is 2.77. The lowest BCUT2D eigenvalue weighted by Crippen LogP contribution is -2.06. The second-order valence-electron chi connectivity index (χ2n) is 4.47. The first-order valence-corrected chi connectivity index (χ1v) is 5.73. The van der Waals surface area contributed by atoms with E-state index in [-0.39, 0.29) is 11.7 Å². The van der Waals surface area contributed by atoms with Gasteiger partial charge < -0.3 is 5.73 Å². The van der Waals surface area contributed by atoms with Gasteiger partial charge in [0.25, 0.3) is 0 Å². The quantitative estimate of drug-likeness (QED) is 0.810. The van der Waals surface area contributed by atoms with Crippen molar-refractivity contribution in [3.8, 4) is 0 Å². The second-order valence-corrected chi connectivity index (χ2v) is 4.47. The van der Waals surface area contributed by atoms with Crippen LogP contribution in [-0.4, -0.2) is 6.54 Å². The Balaban J connectivity index is 2.31. The summed E-state index contributed by atoms with van der Waals surface area (Å²) in [6.45, 7) is 2.67. The van der Waals surface area contributed by atoms with Crippen LogP contribution in [0.2, 0.25) is 0 Å². The third-order valence-corrected chi connectivity index (χ3v) is 3.34. The molecule has 0 radical (unpaired) electrons. The van der Waals surface area contributed by atoms with E-state index >= 15 is 0 Å². The summed E-state index contributed by atoms with van der Waals surface area (Å²) >= 11 is 0. The van der Waals surface area contributed by atoms with E-state index in [0.29, 0.717) is 6.54 Å². The van der Waals surface area contributed by atoms with Crippen LogP contribution in [0.3, 0.4) is 0 Å². The molecule has 2 heteroatoms. The van der Waals surface area contributed by atoms with E-state index in [4.69, 9.17) is 5.73 Å². The van der Waals surface area contributed by atoms with Crippen LogP contribution < -0.4 is 5.73 Å². The molecule has 1 atom stereocenters. The van der Waals surface area contributed by atoms with E-state index in [1.54, 1.807) is 6.07 Å². The van der Waals surface area contributed by atoms with E-state index in [0.717, 1.165) is 24.8 Å². The number of fused-ring (bicyclic) bond motifs is 1. The van der Waals surface area contributed by atoms with Gasteiger partial charge >= 0.3 is 0 Å². The Labute approximate surface area is 90.5 Å². The maximum Gasteiger partial charge on any atom is 0.126 e. The predicted molar refractivity (Wildman–Crippen MR) is 60.5 cm³/mol. The Kier molecular flexibility index (Phi) is 3.06. The molecule has 0 bridgehead atoms. The molecule has 0 aromatic heterocycles. The van der Waals surface area contributed by atoms with Crippen molar-refractivity contribution in [3.05, 3.63) is 34.6 Å². The molecule has 0 amide bonds. The summed E-state index contributed by atoms with van der Waals surface area (Å²) in [6.07, 6.45) is 4.18. The number of hydrogen-bond donors (Lipinski definition) is 1. The lowest BCUT2D eigenvalue weighted by atomic mass is 9.94. The van der Waals surface area contributed by atoms with Crippen LogP contribution in [0.15, 0.2) is 12.1 Å². The van der Waals surface area contributed by atoms with Gasteiger partial charge in [0, 0.05) is 0 Å². The molecular weight excluding hydrogens is 189 g/mol. The molecular formula is C13H18FN. The van der Waals surface area contributed by atoms with Crippen LogP contribution in [-0.2, 0) is 12.8 Å². The van der Waals surface area contributed by atoms with Gasteiger partial charge in [-0.25, -0.2) is 4.39 Å². The lowest BCUT2D eigenvalue weighted by molar-refractivity contribution is 0.575. The molecule has 0 saturated heterocycles. The van der Waals surface area contributed by atoms with Crippen molar-refractivity contribution in [1.29, 1.82) is 0 Å². The van der Waals surface area contributed by atoms with Crippen LogP contribution in [0.25, 0.3) is 0 Å². The van der Waals surface area contributed by atoms with Crippen molar-refractivity contribution in [2.45, 2.75) is 38.5 Å². The SMILES string of the molecule is CC(CCN)c1cc2c(cc1F)CCC2. The fourth-order valence-corrected chi connectivity index (χ4v) is 2.40. The zero-order chi connectivity index (χ0) is 10.8. The molecule has 0 saturated carbocycles. The average Bonchev–Trinajstić information content (AvgIpc) is 2.63. The number of halogens is 1. The number of benzene rings is 1. The first-order chi connectivity index (χ1) is 7.22. The maximum atomic E-state index is 13.8. The van der Waals surface area contributed by atoms with Gasteiger partial charge in [-0.15, -0.1) is 0 Å². The third kappa shape index (κ3) is 2.05. The van der Waals surface area contributed by atoms with Gasteiger partial charge in [0.2, 0.25) is 0 Å². The molecule has 1 nitrogen and oxygen atoms in total. The van der Waals surface area contributed by atoms with Crippen molar-refractivity contribution >= 4 is 0 Å². The van der Waals surface area contributed by atoms with Crippen LogP contribution in [0.4, 0.5) is 4.39 Å². The Morgan fingerprint density at radius 1 is 1.33 bits per heavy atom. The minimum atomic E-state index is -0.0448. The fraction of sp³-hybridized carbons (Fsp3) is 0.538. The Morgan fingerprint density at radius 2 is 2.00 bits per heavy atom. The third-order valence-electron chi connectivity index (χ3n) is 3.34. The molecule has 1 aromatic rings. The van der Waals surface area contributed by atoms with Crippen molar-refractivity contribution in [1.82, 2.24) is 0 Å². The van der Waals surface area contributed by atoms with Gasteiger partial charge in [-0.1, -0.05) is 13.0 Å². The molecule has 1 aliphatic carbocycles. The molecule has 0 aliphatic heterocycles. The lowest BCUT2D eigenvalue weighted by Gasteiger charge is -2.13. The van der Waals surface area contributed by atoms with Crippen molar-refractivity contribution in [2.75, 3.05) is 6.54 Å². The summed E-state index contributed by atoms with van der Waals surface area (Å²) in [6, 6.07) is 3.78. The van der Waals surface area contributed by atoms with Gasteiger partial charge in [-0.2, -0.15) is 0 Å². The van der Waals surface area contributed by atoms with Crippen LogP contribution in [0.5, 0.6) is 0 Å². The van der Waals surface area contributed by atoms with E-state index in [2.05, 4.69) is 6.07 Å². The zero-order valence-corrected chi connectivity index (χ0v) is 9.22. The van der Waals surface area contributed by atoms with E-state index in [9.17, 15) is 4.39 Å². The van der Waals surface area contributed by atoms with Gasteiger partial charge in [0.05, 0.1) is 0 Å². The first kappa shape index (κ1) is 10.6. The summed E-state index contributed by atoms with van der Waals surface area (Å²) < 4.78 is 13.8. The molecule has 15 heavy (non-hydrogen) atoms. The molecule has 0 fully saturated rings. The monoisotopic (exact) mass is 207 g/mol. The van der Waals surface area contributed by atoms with Crippen LogP contribution in [0.1, 0.15) is 42.4 Å². The Bertz CT molecular complexity index is 360. The minimum absolute atomic E-state index is 0.0448. The van der Waals surface area contributed by atoms with E-state index in [1.165, 1.54) is 17.5 Å². The highest BCUT2D eigenvalue weighted by Crippen LogP contribution is 2.29. The van der Waals surface area contributed by atoms with Gasteiger partial charge in [0.1, 0.15) is 5.82 Å². The summed E-state index contributed by atoms with van der Waals surface area (Å²) in [5.74, 6) is 0.192. The van der Waals surface area contributed by atoms with Crippen molar-refractivity contribution in [3.63, 3.8) is 0 Å². The molecule has 2 N–H and O–H groups in total. The van der Waals surface area contributed by atoms with Crippen LogP contribution >= 0.6 is 0 Å². The van der Waals surface area contributed by atoms with Gasteiger partial charge in [-0.3, -0.25) is 0 Å². The number of hydrogen-bond acceptors (Lipinski definition) is 1. The van der Waals surface area contributed by atoms with Crippen molar-refractivity contribution in [2.24, 2.45) is 5.73 Å². The largest absolute Gasteiger partial charge is 0.330 e. The number of aryl methyl sites for hydroxylation is 2. The molecule has 1 aliphatic rings. The highest BCUT2D eigenvalue weighted by molar-refractivity contribution is 5.37. The molecule has 82 valence electrons. The summed E-state index contributed by atoms with van der Waals surface area (Å²) in [5.41, 5.74) is 8.90. The minimum Gasteiger partial charge on any atom is -0.330 e. The topological polar surface area (TPSA) is 26.0 Å². The number of rotatable bonds is 3. The maximum absolute atomic E-state index is 13.8. The Hall–Kier alpha value is -0.890. The van der Waals surface area contributed by atoms with Crippen LogP contribution in [0, 0.1) is 5.82 Å². The second kappa shape index (κ2) is 4.31. The summed E-state index contributed by atoms with van der Waals surface area (Å²) in [5, 5.41) is 0. The van der Waals surface area contributed by atoms with E-state index in [1.807, 2.05) is 6.92 Å². The van der Waals surface area contributed by atoms with Gasteiger partial charge in [-0.05, 0) is 60.9 Å².